The largest absolute Gasteiger partial charge is 0.507 e. The van der Waals surface area contributed by atoms with Crippen molar-refractivity contribution in [2.24, 2.45) is 0 Å². The van der Waals surface area contributed by atoms with Crippen LogP contribution in [0.4, 0.5) is 0 Å². The average Bonchev–Trinajstić information content (AvgIpc) is 2.67. The topological polar surface area (TPSA) is 73.9 Å². The van der Waals surface area contributed by atoms with E-state index in [2.05, 4.69) is 17.0 Å². The van der Waals surface area contributed by atoms with Crippen LogP contribution in [0.3, 0.4) is 0 Å². The van der Waals surface area contributed by atoms with Crippen LogP contribution >= 0.6 is 0 Å². The average molecular weight is 408 g/mol. The molecule has 0 amide bonds. The minimum Gasteiger partial charge on any atom is -0.507 e. The van der Waals surface area contributed by atoms with E-state index in [0.717, 1.165) is 24.2 Å². The predicted octanol–water partition coefficient (Wildman–Crippen LogP) is 4.32. The summed E-state index contributed by atoms with van der Waals surface area (Å²) in [6.07, 6.45) is 1.15. The molecule has 0 saturated carbocycles. The third-order valence-electron chi connectivity index (χ3n) is 5.90. The number of benzene rings is 2. The van der Waals surface area contributed by atoms with E-state index in [1.54, 1.807) is 19.9 Å². The Morgan fingerprint density at radius 1 is 1.17 bits per heavy atom. The molecule has 4 rings (SSSR count). The number of fused-ring (bicyclic) bond motifs is 3. The van der Waals surface area contributed by atoms with Gasteiger partial charge in [-0.2, -0.15) is 0 Å². The van der Waals surface area contributed by atoms with Crippen molar-refractivity contribution in [3.8, 4) is 5.75 Å². The molecule has 2 aromatic carbocycles. The van der Waals surface area contributed by atoms with Crippen LogP contribution in [0.2, 0.25) is 0 Å². The van der Waals surface area contributed by atoms with Gasteiger partial charge in [0.25, 0.3) is 0 Å². The lowest BCUT2D eigenvalue weighted by atomic mass is 9.88. The Kier molecular flexibility index (Phi) is 5.43. The summed E-state index contributed by atoms with van der Waals surface area (Å²) in [4.78, 5) is 14.9. The first-order chi connectivity index (χ1) is 14.2. The highest BCUT2D eigenvalue weighted by molar-refractivity contribution is 5.88. The van der Waals surface area contributed by atoms with E-state index in [9.17, 15) is 15.0 Å². The van der Waals surface area contributed by atoms with Crippen molar-refractivity contribution in [2.75, 3.05) is 6.54 Å². The van der Waals surface area contributed by atoms with E-state index >= 15 is 0 Å². The summed E-state index contributed by atoms with van der Waals surface area (Å²) in [5.74, 6) is 0.142. The minimum atomic E-state index is -0.821. The van der Waals surface area contributed by atoms with Crippen molar-refractivity contribution in [3.05, 3.63) is 75.1 Å². The molecule has 2 N–H and O–H groups in total. The molecule has 0 aliphatic carbocycles. The Morgan fingerprint density at radius 2 is 1.90 bits per heavy atom. The highest BCUT2D eigenvalue weighted by atomic mass is 16.4. The molecule has 1 aliphatic heterocycles. The molecule has 1 aliphatic rings. The first-order valence-electron chi connectivity index (χ1n) is 10.5. The molecule has 1 unspecified atom stereocenters. The molecule has 0 saturated heterocycles. The van der Waals surface area contributed by atoms with Crippen LogP contribution in [-0.4, -0.2) is 27.3 Å². The van der Waals surface area contributed by atoms with Gasteiger partial charge >= 0.3 is 5.63 Å². The van der Waals surface area contributed by atoms with Crippen molar-refractivity contribution >= 4 is 11.0 Å². The molecule has 1 atom stereocenters. The summed E-state index contributed by atoms with van der Waals surface area (Å²) in [5.41, 5.74) is 2.88. The Balaban J connectivity index is 1.72. The maximum atomic E-state index is 12.7. The van der Waals surface area contributed by atoms with Gasteiger partial charge in [0.2, 0.25) is 0 Å². The Morgan fingerprint density at radius 3 is 2.60 bits per heavy atom. The highest BCUT2D eigenvalue weighted by Gasteiger charge is 2.26. The first-order valence-corrected chi connectivity index (χ1v) is 10.5. The molecule has 5 heteroatoms. The van der Waals surface area contributed by atoms with E-state index in [1.807, 2.05) is 31.2 Å². The third kappa shape index (κ3) is 4.27. The summed E-state index contributed by atoms with van der Waals surface area (Å²) >= 11 is 0. The molecule has 5 nitrogen and oxygen atoms in total. The number of nitrogens with zero attached hydrogens (tertiary/aromatic N) is 1. The van der Waals surface area contributed by atoms with Gasteiger partial charge in [0.15, 0.2) is 0 Å². The van der Waals surface area contributed by atoms with Gasteiger partial charge in [-0.05, 0) is 61.4 Å². The maximum absolute atomic E-state index is 12.7. The van der Waals surface area contributed by atoms with Crippen LogP contribution in [0.5, 0.6) is 5.75 Å². The summed E-state index contributed by atoms with van der Waals surface area (Å²) in [6, 6.07) is 13.8. The summed E-state index contributed by atoms with van der Waals surface area (Å²) in [6.45, 7) is 7.70. The van der Waals surface area contributed by atoms with Crippen molar-refractivity contribution in [2.45, 2.75) is 58.2 Å². The molecule has 30 heavy (non-hydrogen) atoms. The zero-order valence-electron chi connectivity index (χ0n) is 17.8. The number of phenols is 1. The van der Waals surface area contributed by atoms with Crippen molar-refractivity contribution < 1.29 is 14.6 Å². The third-order valence-corrected chi connectivity index (χ3v) is 5.90. The second-order valence-electron chi connectivity index (χ2n) is 9.12. The smallest absolute Gasteiger partial charge is 0.339 e. The number of hydrogen-bond acceptors (Lipinski definition) is 5. The number of aromatic hydroxyl groups is 1. The summed E-state index contributed by atoms with van der Waals surface area (Å²) in [7, 11) is 0. The molecular weight excluding hydrogens is 378 g/mol. The lowest BCUT2D eigenvalue weighted by Crippen LogP contribution is -2.33. The van der Waals surface area contributed by atoms with E-state index in [4.69, 9.17) is 4.42 Å². The fourth-order valence-corrected chi connectivity index (χ4v) is 4.57. The first kappa shape index (κ1) is 20.6. The fourth-order valence-electron chi connectivity index (χ4n) is 4.57. The SMILES string of the molecule is CC(CC(C)(C)O)c1cc(O)c2c3c(c(=O)oc2c1)CCN(Cc1ccccc1)C3. The number of aliphatic hydroxyl groups is 1. The van der Waals surface area contributed by atoms with Crippen LogP contribution in [0, 0.1) is 0 Å². The highest BCUT2D eigenvalue weighted by Crippen LogP contribution is 2.36. The Hall–Kier alpha value is -2.63. The summed E-state index contributed by atoms with van der Waals surface area (Å²) < 4.78 is 5.62. The Labute approximate surface area is 176 Å². The standard InChI is InChI=1S/C25H29NO4/c1-16(13-25(2,3)29)18-11-21(27)23-20-15-26(14-17-7-5-4-6-8-17)10-9-19(20)24(28)30-22(23)12-18/h4-8,11-12,16,27,29H,9-10,13-15H2,1-3H3. The van der Waals surface area contributed by atoms with Gasteiger partial charge < -0.3 is 14.6 Å². The molecule has 0 radical (unpaired) electrons. The van der Waals surface area contributed by atoms with Crippen molar-refractivity contribution in [3.63, 3.8) is 0 Å². The predicted molar refractivity (Wildman–Crippen MR) is 118 cm³/mol. The molecule has 1 aromatic heterocycles. The van der Waals surface area contributed by atoms with Gasteiger partial charge in [-0.1, -0.05) is 37.3 Å². The molecule has 0 bridgehead atoms. The van der Waals surface area contributed by atoms with Gasteiger partial charge in [0, 0.05) is 25.2 Å². The van der Waals surface area contributed by atoms with Gasteiger partial charge in [0.05, 0.1) is 11.0 Å². The van der Waals surface area contributed by atoms with Gasteiger partial charge in [-0.25, -0.2) is 4.79 Å². The monoisotopic (exact) mass is 407 g/mol. The second kappa shape index (κ2) is 7.89. The normalized spacial score (nSPS) is 15.9. The molecule has 3 aromatic rings. The lowest BCUT2D eigenvalue weighted by Gasteiger charge is -2.29. The van der Waals surface area contributed by atoms with E-state index in [-0.39, 0.29) is 17.3 Å². The van der Waals surface area contributed by atoms with Gasteiger partial charge in [-0.3, -0.25) is 4.90 Å². The lowest BCUT2D eigenvalue weighted by molar-refractivity contribution is 0.0647. The Bertz CT molecular complexity index is 1110. The molecule has 2 heterocycles. The molecule has 0 fully saturated rings. The number of hydrogen-bond donors (Lipinski definition) is 2. The molecule has 0 spiro atoms. The van der Waals surface area contributed by atoms with E-state index < -0.39 is 5.60 Å². The number of rotatable bonds is 5. The van der Waals surface area contributed by atoms with E-state index in [1.165, 1.54) is 5.56 Å². The van der Waals surface area contributed by atoms with Crippen LogP contribution in [0.15, 0.2) is 51.7 Å². The second-order valence-corrected chi connectivity index (χ2v) is 9.12. The van der Waals surface area contributed by atoms with Crippen molar-refractivity contribution in [1.29, 1.82) is 0 Å². The van der Waals surface area contributed by atoms with Crippen LogP contribution in [-0.2, 0) is 19.5 Å². The van der Waals surface area contributed by atoms with Crippen LogP contribution in [0.1, 0.15) is 55.4 Å². The maximum Gasteiger partial charge on any atom is 0.339 e. The van der Waals surface area contributed by atoms with Crippen molar-refractivity contribution in [1.82, 2.24) is 4.90 Å². The van der Waals surface area contributed by atoms with Gasteiger partial charge in [0.1, 0.15) is 11.3 Å². The molecular formula is C25H29NO4. The zero-order chi connectivity index (χ0) is 21.5. The van der Waals surface area contributed by atoms with Crippen LogP contribution in [0.25, 0.3) is 11.0 Å². The zero-order valence-corrected chi connectivity index (χ0v) is 17.8. The van der Waals surface area contributed by atoms with E-state index in [0.29, 0.717) is 35.9 Å². The quantitative estimate of drug-likeness (QED) is 0.616. The molecule has 158 valence electrons. The summed E-state index contributed by atoms with van der Waals surface area (Å²) in [5, 5.41) is 21.6. The number of phenolic OH excluding ortho intramolecular Hbond substituents is 1. The van der Waals surface area contributed by atoms with Crippen LogP contribution < -0.4 is 5.63 Å². The minimum absolute atomic E-state index is 0.0104. The van der Waals surface area contributed by atoms with Gasteiger partial charge in [-0.15, -0.1) is 0 Å². The fraction of sp³-hybridized carbons (Fsp3) is 0.400.